The van der Waals surface area contributed by atoms with E-state index in [4.69, 9.17) is 0 Å². The first-order valence-electron chi connectivity index (χ1n) is 24.6. The highest BCUT2D eigenvalue weighted by atomic mass is 29.6. The third-order valence-electron chi connectivity index (χ3n) is 15.8. The topological polar surface area (TPSA) is 0 Å². The molecule has 0 N–H and O–H groups in total. The van der Waals surface area contributed by atoms with E-state index in [1.807, 2.05) is 0 Å². The Morgan fingerprint density at radius 3 is 1.06 bits per heavy atom. The first kappa shape index (κ1) is 42.2. The molecule has 1 aliphatic rings. The quantitative estimate of drug-likeness (QED) is 0.0728. The number of rotatable bonds is 10. The van der Waals surface area contributed by atoms with Crippen LogP contribution in [0.3, 0.4) is 0 Å². The van der Waals surface area contributed by atoms with Crippen LogP contribution in [0, 0.1) is 0 Å². The summed E-state index contributed by atoms with van der Waals surface area (Å²) in [5.74, 6) is 0. The SMILES string of the molecule is c1ccc([Si](c2ccccc2)(c2ccc3c4ccccc4c4ccccc4c3c2)[Si](c2ccccc2)(c2ccccc2)[Si](c2ccccc2)(c2ccccc2)c2cccc3c2Cc2ccccc2-3)cc1. The Labute approximate surface area is 413 Å². The van der Waals surface area contributed by atoms with Gasteiger partial charge in [0.2, 0.25) is 0 Å². The van der Waals surface area contributed by atoms with Crippen molar-refractivity contribution in [1.29, 1.82) is 0 Å². The molecule has 0 aromatic heterocycles. The molecule has 0 nitrogen and oxygen atoms in total. The minimum atomic E-state index is -3.63. The fourth-order valence-electron chi connectivity index (χ4n) is 13.4. The predicted molar refractivity (Wildman–Crippen MR) is 307 cm³/mol. The fraction of sp³-hybridized carbons (Fsp3) is 0.0149. The molecule has 0 unspecified atom stereocenters. The van der Waals surface area contributed by atoms with Crippen molar-refractivity contribution in [3.8, 4) is 11.1 Å². The fourth-order valence-corrected chi connectivity index (χ4v) is 58.9. The van der Waals surface area contributed by atoms with Gasteiger partial charge < -0.3 is 0 Å². The summed E-state index contributed by atoms with van der Waals surface area (Å²) in [6.45, 7) is 0. The Hall–Kier alpha value is -7.93. The molecule has 12 aromatic rings. The normalized spacial score (nSPS) is 12.5. The Morgan fingerprint density at radius 2 is 0.586 bits per heavy atom. The molecule has 330 valence electrons. The molecular formula is C67H50Si3. The van der Waals surface area contributed by atoms with E-state index in [9.17, 15) is 0 Å². The van der Waals surface area contributed by atoms with E-state index in [2.05, 4.69) is 291 Å². The van der Waals surface area contributed by atoms with E-state index < -0.39 is 22.3 Å². The Kier molecular flexibility index (Phi) is 10.4. The number of hydrogen-bond acceptors (Lipinski definition) is 0. The molecule has 0 bridgehead atoms. The zero-order chi connectivity index (χ0) is 46.5. The van der Waals surface area contributed by atoms with Crippen LogP contribution in [-0.2, 0) is 6.42 Å². The molecule has 0 aliphatic heterocycles. The molecule has 1 aliphatic carbocycles. The molecule has 0 heterocycles. The third kappa shape index (κ3) is 6.05. The second-order valence-corrected chi connectivity index (χ2v) is 38.5. The number of fused-ring (bicyclic) bond motifs is 9. The van der Waals surface area contributed by atoms with E-state index in [1.165, 1.54) is 96.1 Å². The maximum Gasteiger partial charge on any atom is 0.148 e. The van der Waals surface area contributed by atoms with Crippen LogP contribution in [0.25, 0.3) is 43.4 Å². The van der Waals surface area contributed by atoms with Gasteiger partial charge in [-0.3, -0.25) is 0 Å². The third-order valence-corrected chi connectivity index (χ3v) is 49.8. The summed E-state index contributed by atoms with van der Waals surface area (Å²) in [7, 11) is -10.7. The number of benzene rings is 12. The summed E-state index contributed by atoms with van der Waals surface area (Å²) >= 11 is 0. The van der Waals surface area contributed by atoms with Crippen molar-refractivity contribution >= 4 is 96.1 Å². The van der Waals surface area contributed by atoms with Crippen LogP contribution in [0.15, 0.2) is 291 Å². The van der Waals surface area contributed by atoms with Crippen LogP contribution in [0.4, 0.5) is 0 Å². The van der Waals surface area contributed by atoms with Crippen molar-refractivity contribution in [3.63, 3.8) is 0 Å². The van der Waals surface area contributed by atoms with Crippen LogP contribution >= 0.6 is 0 Å². The summed E-state index contributed by atoms with van der Waals surface area (Å²) in [6, 6.07) is 114. The molecule has 13 rings (SSSR count). The summed E-state index contributed by atoms with van der Waals surface area (Å²) < 4.78 is 0. The lowest BCUT2D eigenvalue weighted by atomic mass is 9.94. The average Bonchev–Trinajstić information content (AvgIpc) is 3.84. The maximum absolute atomic E-state index is 3.63. The van der Waals surface area contributed by atoms with Gasteiger partial charge in [-0.15, -0.1) is 0 Å². The van der Waals surface area contributed by atoms with Gasteiger partial charge in [0.15, 0.2) is 0 Å². The Balaban J connectivity index is 1.35. The molecule has 0 fully saturated rings. The van der Waals surface area contributed by atoms with Gasteiger partial charge in [0.05, 0.1) is 0 Å². The lowest BCUT2D eigenvalue weighted by Gasteiger charge is -2.59. The van der Waals surface area contributed by atoms with Gasteiger partial charge >= 0.3 is 0 Å². The monoisotopic (exact) mass is 938 g/mol. The smallest absolute Gasteiger partial charge is 0.0631 e. The molecule has 12 aromatic carbocycles. The van der Waals surface area contributed by atoms with Crippen molar-refractivity contribution in [3.05, 3.63) is 302 Å². The zero-order valence-corrected chi connectivity index (χ0v) is 41.9. The summed E-state index contributed by atoms with van der Waals surface area (Å²) in [4.78, 5) is 0. The van der Waals surface area contributed by atoms with Crippen LogP contribution < -0.4 is 41.5 Å². The van der Waals surface area contributed by atoms with Gasteiger partial charge in [-0.1, -0.05) is 327 Å². The molecule has 3 heteroatoms. The maximum atomic E-state index is 2.70. The van der Waals surface area contributed by atoms with Crippen molar-refractivity contribution in [2.45, 2.75) is 6.42 Å². The van der Waals surface area contributed by atoms with Gasteiger partial charge in [-0.05, 0) is 66.2 Å². The van der Waals surface area contributed by atoms with E-state index in [1.54, 1.807) is 0 Å². The molecule has 0 radical (unpaired) electrons. The van der Waals surface area contributed by atoms with E-state index in [0.29, 0.717) is 0 Å². The lowest BCUT2D eigenvalue weighted by Crippen LogP contribution is -3.04. The van der Waals surface area contributed by atoms with Crippen LogP contribution in [0.2, 0.25) is 0 Å². The largest absolute Gasteiger partial charge is 0.148 e. The molecule has 0 saturated heterocycles. The Morgan fingerprint density at radius 1 is 0.229 bits per heavy atom. The first-order valence-corrected chi connectivity index (χ1v) is 32.6. The van der Waals surface area contributed by atoms with E-state index in [0.717, 1.165) is 6.42 Å². The van der Waals surface area contributed by atoms with E-state index >= 15 is 0 Å². The summed E-state index contributed by atoms with van der Waals surface area (Å²) in [5.41, 5.74) is 5.62. The molecule has 0 spiro atoms. The molecule has 0 atom stereocenters. The molecular weight excluding hydrogens is 889 g/mol. The van der Waals surface area contributed by atoms with E-state index in [-0.39, 0.29) is 0 Å². The van der Waals surface area contributed by atoms with Crippen LogP contribution in [0.1, 0.15) is 11.1 Å². The molecule has 70 heavy (non-hydrogen) atoms. The second-order valence-electron chi connectivity index (χ2n) is 19.0. The zero-order valence-electron chi connectivity index (χ0n) is 38.9. The highest BCUT2D eigenvalue weighted by Gasteiger charge is 2.73. The summed E-state index contributed by atoms with van der Waals surface area (Å²) in [5, 5.41) is 19.5. The van der Waals surface area contributed by atoms with Gasteiger partial charge in [0, 0.05) is 0 Å². The Bertz CT molecular complexity index is 3690. The van der Waals surface area contributed by atoms with Crippen molar-refractivity contribution in [1.82, 2.24) is 0 Å². The standard InChI is InChI=1S/C67H50Si3/c1-7-27-51(28-8-1)68(52-29-9-2-10-30-52,57-46-47-64-62-42-22-21-40-60(62)61-41-23-24-43-63(61)65(64)49-57)70(55-35-15-5-16-36-55,56-37-17-6-18-38-56)69(53-31-11-3-12-32-53,54-33-13-4-14-34-54)67-45-25-44-59-58-39-20-19-26-50(58)48-66(59)67/h1-47,49H,48H2. The van der Waals surface area contributed by atoms with Gasteiger partial charge in [0.25, 0.3) is 0 Å². The van der Waals surface area contributed by atoms with Crippen molar-refractivity contribution < 1.29 is 0 Å². The van der Waals surface area contributed by atoms with Crippen molar-refractivity contribution in [2.24, 2.45) is 0 Å². The van der Waals surface area contributed by atoms with Crippen LogP contribution in [-0.4, -0.2) is 22.3 Å². The van der Waals surface area contributed by atoms with Gasteiger partial charge in [-0.25, -0.2) is 0 Å². The molecule has 0 saturated carbocycles. The first-order chi connectivity index (χ1) is 34.8. The van der Waals surface area contributed by atoms with Crippen molar-refractivity contribution in [2.75, 3.05) is 0 Å². The molecule has 0 amide bonds. The minimum Gasteiger partial charge on any atom is -0.0631 e. The lowest BCUT2D eigenvalue weighted by molar-refractivity contribution is 1.28. The number of hydrogen-bond donors (Lipinski definition) is 0. The second kappa shape index (κ2) is 17.2. The highest BCUT2D eigenvalue weighted by molar-refractivity contribution is 7.89. The van der Waals surface area contributed by atoms with Gasteiger partial charge in [0.1, 0.15) is 22.3 Å². The predicted octanol–water partition coefficient (Wildman–Crippen LogP) is 10.8. The van der Waals surface area contributed by atoms with Gasteiger partial charge in [-0.2, -0.15) is 0 Å². The van der Waals surface area contributed by atoms with Crippen LogP contribution in [0.5, 0.6) is 0 Å². The highest BCUT2D eigenvalue weighted by Crippen LogP contribution is 2.40. The minimum absolute atomic E-state index is 0.893. The average molecular weight is 939 g/mol. The summed E-state index contributed by atoms with van der Waals surface area (Å²) in [6.07, 6.45) is 0.893.